The molecule has 0 heterocycles. The summed E-state index contributed by atoms with van der Waals surface area (Å²) in [6.07, 6.45) is 0. The fraction of sp³-hybridized carbons (Fsp3) is 0. The van der Waals surface area contributed by atoms with Crippen LogP contribution in [0, 0.1) is 0 Å². The summed E-state index contributed by atoms with van der Waals surface area (Å²) in [6.45, 7) is 0. The molecule has 0 atom stereocenters. The standard InChI is InChI=1S/Cs.2O.Ti.H/q+1;2*-2;+4;-1. The van der Waals surface area contributed by atoms with Crippen LogP contribution >= 0.6 is 0 Å². The van der Waals surface area contributed by atoms with E-state index in [0.29, 0.717) is 0 Å². The Labute approximate surface area is 100 Å². The first-order chi connectivity index (χ1) is 0. The molecule has 0 fully saturated rings. The van der Waals surface area contributed by atoms with E-state index in [2.05, 4.69) is 0 Å². The van der Waals surface area contributed by atoms with E-state index in [1.165, 1.54) is 0 Å². The van der Waals surface area contributed by atoms with Crippen molar-refractivity contribution < 1.29 is 103 Å². The fourth-order valence-corrected chi connectivity index (χ4v) is 0. The average molecular weight is 214 g/mol. The molecule has 0 amide bonds. The molecule has 0 aliphatic carbocycles. The molecule has 18 valence electrons. The van der Waals surface area contributed by atoms with E-state index in [1.807, 2.05) is 0 Å². The van der Waals surface area contributed by atoms with Gasteiger partial charge in [0.15, 0.2) is 0 Å². The molecule has 0 aliphatic heterocycles. The Bertz CT molecular complexity index is 9.61. The molecule has 0 unspecified atom stereocenters. The summed E-state index contributed by atoms with van der Waals surface area (Å²) in [5, 5.41) is 0. The molecule has 0 aliphatic rings. The summed E-state index contributed by atoms with van der Waals surface area (Å²) in [7, 11) is 0. The van der Waals surface area contributed by atoms with Crippen LogP contribution in [-0.4, -0.2) is 0 Å². The van der Waals surface area contributed by atoms with Crippen molar-refractivity contribution in [3.8, 4) is 0 Å². The van der Waals surface area contributed by atoms with E-state index in [1.54, 1.807) is 0 Å². The van der Waals surface area contributed by atoms with Gasteiger partial charge >= 0.3 is 90.6 Å². The van der Waals surface area contributed by atoms with Crippen molar-refractivity contribution in [1.29, 1.82) is 0 Å². The Morgan fingerprint density at radius 1 is 1.00 bits per heavy atom. The topological polar surface area (TPSA) is 57.0 Å². The fourth-order valence-electron chi connectivity index (χ4n) is 0. The third-order valence-electron chi connectivity index (χ3n) is 0. The minimum absolute atomic E-state index is 0. The smallest absolute Gasteiger partial charge is 2.00 e. The Hall–Kier alpha value is 2.69. The van der Waals surface area contributed by atoms with Crippen LogP contribution in [0.4, 0.5) is 0 Å². The molecule has 0 N–H and O–H groups in total. The quantitative estimate of drug-likeness (QED) is 0.383. The molecule has 0 bridgehead atoms. The van der Waals surface area contributed by atoms with Gasteiger partial charge in [-0.2, -0.15) is 0 Å². The Kier molecular flexibility index (Phi) is 130. The van der Waals surface area contributed by atoms with Crippen molar-refractivity contribution in [2.45, 2.75) is 0 Å². The van der Waals surface area contributed by atoms with E-state index in [-0.39, 0.29) is 103 Å². The second kappa shape index (κ2) is 17.3. The molecular weight excluding hydrogens is 213 g/mol. The second-order valence-corrected chi connectivity index (χ2v) is 0. The second-order valence-electron chi connectivity index (χ2n) is 0. The van der Waals surface area contributed by atoms with Crippen LogP contribution in [0.3, 0.4) is 0 Å². The zero-order valence-corrected chi connectivity index (χ0v) is 10.2. The summed E-state index contributed by atoms with van der Waals surface area (Å²) < 4.78 is 0. The van der Waals surface area contributed by atoms with Crippen molar-refractivity contribution in [2.24, 2.45) is 0 Å². The van der Waals surface area contributed by atoms with Gasteiger partial charge in [-0.05, 0) is 0 Å². The number of hydrogen-bond acceptors (Lipinski definition) is 0. The third-order valence-corrected chi connectivity index (χ3v) is 0. The third kappa shape index (κ3) is 8.82. The molecule has 0 aromatic carbocycles. The normalized spacial score (nSPS) is 0. The molecule has 0 rings (SSSR count). The summed E-state index contributed by atoms with van der Waals surface area (Å²) in [5.41, 5.74) is 0. The number of rotatable bonds is 0. The first kappa shape index (κ1) is 30.0. The maximum Gasteiger partial charge on any atom is 4.00 e. The molecule has 4 heteroatoms. The van der Waals surface area contributed by atoms with Gasteiger partial charge < -0.3 is 12.4 Å². The summed E-state index contributed by atoms with van der Waals surface area (Å²) in [5.74, 6) is 0. The van der Waals surface area contributed by atoms with Gasteiger partial charge in [-0.25, -0.2) is 0 Å². The maximum absolute atomic E-state index is 0. The van der Waals surface area contributed by atoms with Crippen molar-refractivity contribution >= 4 is 0 Å². The average Bonchev–Trinajstić information content (AvgIpc) is 0. The van der Waals surface area contributed by atoms with Crippen LogP contribution in [0.2, 0.25) is 0 Å². The van der Waals surface area contributed by atoms with E-state index < -0.39 is 0 Å². The molecule has 0 saturated heterocycles. The summed E-state index contributed by atoms with van der Waals surface area (Å²) in [4.78, 5) is 0. The van der Waals surface area contributed by atoms with Gasteiger partial charge in [0.25, 0.3) is 0 Å². The molecule has 0 radical (unpaired) electrons. The van der Waals surface area contributed by atoms with E-state index >= 15 is 0 Å². The zero-order chi connectivity index (χ0) is 0. The maximum atomic E-state index is 0. The van der Waals surface area contributed by atoms with Crippen LogP contribution in [0.5, 0.6) is 0 Å². The van der Waals surface area contributed by atoms with Gasteiger partial charge in [0.1, 0.15) is 0 Å². The molecule has 0 aromatic heterocycles. The van der Waals surface area contributed by atoms with Crippen LogP contribution in [0.15, 0.2) is 0 Å². The van der Waals surface area contributed by atoms with Gasteiger partial charge in [-0.3, -0.25) is 0 Å². The SMILES string of the molecule is [Cs+].[H-].[O-2].[O-2].[Ti+4]. The molecular formula is HCsO2Ti. The summed E-state index contributed by atoms with van der Waals surface area (Å²) >= 11 is 0. The first-order valence-electron chi connectivity index (χ1n) is 0. The predicted molar refractivity (Wildman–Crippen MR) is 2.49 cm³/mol. The molecule has 4 heavy (non-hydrogen) atoms. The number of hydrogen-bond donors (Lipinski definition) is 0. The Morgan fingerprint density at radius 2 is 1.00 bits per heavy atom. The first-order valence-corrected chi connectivity index (χ1v) is 0. The van der Waals surface area contributed by atoms with Gasteiger partial charge in [-0.15, -0.1) is 0 Å². The molecule has 2 nitrogen and oxygen atoms in total. The van der Waals surface area contributed by atoms with Crippen LogP contribution in [-0.2, 0) is 32.7 Å². The van der Waals surface area contributed by atoms with Crippen LogP contribution < -0.4 is 68.9 Å². The summed E-state index contributed by atoms with van der Waals surface area (Å²) in [6, 6.07) is 0. The van der Waals surface area contributed by atoms with Crippen LogP contribution in [0.1, 0.15) is 1.43 Å². The Balaban J connectivity index is 0. The molecule has 0 aromatic rings. The van der Waals surface area contributed by atoms with Crippen molar-refractivity contribution in [1.82, 2.24) is 0 Å². The van der Waals surface area contributed by atoms with E-state index in [4.69, 9.17) is 0 Å². The van der Waals surface area contributed by atoms with Crippen molar-refractivity contribution in [3.05, 3.63) is 0 Å². The van der Waals surface area contributed by atoms with E-state index in [0.717, 1.165) is 0 Å². The Morgan fingerprint density at radius 3 is 1.00 bits per heavy atom. The van der Waals surface area contributed by atoms with Gasteiger partial charge in [-0.1, -0.05) is 0 Å². The van der Waals surface area contributed by atoms with Gasteiger partial charge in [0.05, 0.1) is 0 Å². The monoisotopic (exact) mass is 214 g/mol. The minimum atomic E-state index is 0. The van der Waals surface area contributed by atoms with Crippen LogP contribution in [0.25, 0.3) is 0 Å². The largest absolute Gasteiger partial charge is 4.00 e. The van der Waals surface area contributed by atoms with Gasteiger partial charge in [0, 0.05) is 0 Å². The zero-order valence-electron chi connectivity index (χ0n) is 3.32. The van der Waals surface area contributed by atoms with Crippen molar-refractivity contribution in [2.75, 3.05) is 0 Å². The predicted octanol–water partition coefficient (Wildman–Crippen LogP) is -3.12. The van der Waals surface area contributed by atoms with Gasteiger partial charge in [0.2, 0.25) is 0 Å². The molecule has 0 spiro atoms. The van der Waals surface area contributed by atoms with Crippen molar-refractivity contribution in [3.63, 3.8) is 0 Å². The van der Waals surface area contributed by atoms with E-state index in [9.17, 15) is 0 Å². The molecule has 0 saturated carbocycles. The minimum Gasteiger partial charge on any atom is -2.00 e.